The summed E-state index contributed by atoms with van der Waals surface area (Å²) in [5.41, 5.74) is 0.647. The lowest BCUT2D eigenvalue weighted by molar-refractivity contribution is -0.137. The van der Waals surface area contributed by atoms with Gasteiger partial charge in [0.2, 0.25) is 0 Å². The smallest absolute Gasteiger partial charge is 0.166 e. The van der Waals surface area contributed by atoms with Crippen molar-refractivity contribution in [3.63, 3.8) is 0 Å². The molecule has 16 heavy (non-hydrogen) atoms. The van der Waals surface area contributed by atoms with Gasteiger partial charge in [0, 0.05) is 0 Å². The Kier molecular flexibility index (Phi) is 2.69. The Morgan fingerprint density at radius 3 is 2.31 bits per heavy atom. The molecule has 2 aromatic carbocycles. The maximum atomic E-state index is 12.5. The lowest BCUT2D eigenvalue weighted by Gasteiger charge is -2.08. The van der Waals surface area contributed by atoms with Crippen molar-refractivity contribution in [1.82, 2.24) is 0 Å². The molecule has 0 saturated heterocycles. The standard InChI is InChI=1S/C13H8F3/c14-13(15,16)12-8-4-7-11(9-12)10-5-2-1-3-6-10/h1-2,4-9H. The molecule has 0 saturated carbocycles. The quantitative estimate of drug-likeness (QED) is 0.677. The summed E-state index contributed by atoms with van der Waals surface area (Å²) in [6.07, 6.45) is -4.30. The van der Waals surface area contributed by atoms with Gasteiger partial charge < -0.3 is 0 Å². The van der Waals surface area contributed by atoms with E-state index in [1.807, 2.05) is 0 Å². The van der Waals surface area contributed by atoms with Gasteiger partial charge in [-0.05, 0) is 35.4 Å². The summed E-state index contributed by atoms with van der Waals surface area (Å²) in [5.74, 6) is 0. The third kappa shape index (κ3) is 2.24. The van der Waals surface area contributed by atoms with Crippen molar-refractivity contribution in [3.8, 4) is 11.1 Å². The average molecular weight is 221 g/mol. The van der Waals surface area contributed by atoms with Crippen LogP contribution in [0.5, 0.6) is 0 Å². The highest BCUT2D eigenvalue weighted by atomic mass is 19.4. The maximum absolute atomic E-state index is 12.5. The van der Waals surface area contributed by atoms with E-state index in [0.717, 1.165) is 17.7 Å². The first-order valence-electron chi connectivity index (χ1n) is 4.71. The molecule has 2 rings (SSSR count). The maximum Gasteiger partial charge on any atom is 0.416 e. The Labute approximate surface area is 91.4 Å². The van der Waals surface area contributed by atoms with Crippen LogP contribution in [0, 0.1) is 6.07 Å². The van der Waals surface area contributed by atoms with Crippen LogP contribution in [-0.2, 0) is 6.18 Å². The number of rotatable bonds is 1. The number of hydrogen-bond donors (Lipinski definition) is 0. The van der Waals surface area contributed by atoms with Crippen LogP contribution in [-0.4, -0.2) is 0 Å². The lowest BCUT2D eigenvalue weighted by atomic mass is 10.0. The second-order valence-electron chi connectivity index (χ2n) is 3.37. The van der Waals surface area contributed by atoms with Crippen LogP contribution in [0.25, 0.3) is 11.1 Å². The number of benzene rings is 2. The number of alkyl halides is 3. The molecule has 0 aliphatic rings. The van der Waals surface area contributed by atoms with Crippen molar-refractivity contribution in [1.29, 1.82) is 0 Å². The van der Waals surface area contributed by atoms with E-state index in [4.69, 9.17) is 0 Å². The van der Waals surface area contributed by atoms with Crippen LogP contribution in [0.15, 0.2) is 48.5 Å². The molecule has 0 N–H and O–H groups in total. The van der Waals surface area contributed by atoms with E-state index in [-0.39, 0.29) is 0 Å². The van der Waals surface area contributed by atoms with Crippen molar-refractivity contribution in [2.75, 3.05) is 0 Å². The van der Waals surface area contributed by atoms with Crippen molar-refractivity contribution < 1.29 is 13.2 Å². The molecule has 81 valence electrons. The van der Waals surface area contributed by atoms with Gasteiger partial charge in [-0.1, -0.05) is 30.3 Å². The van der Waals surface area contributed by atoms with Crippen LogP contribution >= 0.6 is 0 Å². The molecule has 1 radical (unpaired) electrons. The predicted octanol–water partition coefficient (Wildman–Crippen LogP) is 4.17. The SMILES string of the molecule is FC(F)(F)c1cccc(-c2c[c]ccc2)c1. The Balaban J connectivity index is 2.45. The minimum atomic E-state index is -4.30. The van der Waals surface area contributed by atoms with Gasteiger partial charge >= 0.3 is 6.18 Å². The Hall–Kier alpha value is -1.77. The molecule has 2 aromatic rings. The van der Waals surface area contributed by atoms with Gasteiger partial charge in [-0.3, -0.25) is 0 Å². The molecule has 0 aromatic heterocycles. The topological polar surface area (TPSA) is 0 Å². The van der Waals surface area contributed by atoms with E-state index in [1.165, 1.54) is 6.07 Å². The lowest BCUT2D eigenvalue weighted by Crippen LogP contribution is -2.04. The van der Waals surface area contributed by atoms with Gasteiger partial charge in [0.25, 0.3) is 0 Å². The van der Waals surface area contributed by atoms with Crippen molar-refractivity contribution >= 4 is 0 Å². The van der Waals surface area contributed by atoms with Crippen LogP contribution in [0.1, 0.15) is 5.56 Å². The minimum Gasteiger partial charge on any atom is -0.166 e. The van der Waals surface area contributed by atoms with Gasteiger partial charge in [0.15, 0.2) is 0 Å². The van der Waals surface area contributed by atoms with Crippen molar-refractivity contribution in [2.45, 2.75) is 6.18 Å². The van der Waals surface area contributed by atoms with Crippen LogP contribution < -0.4 is 0 Å². The summed E-state index contributed by atoms with van der Waals surface area (Å²) in [7, 11) is 0. The third-order valence-electron chi connectivity index (χ3n) is 2.23. The van der Waals surface area contributed by atoms with E-state index in [1.54, 1.807) is 30.3 Å². The van der Waals surface area contributed by atoms with E-state index in [0.29, 0.717) is 5.56 Å². The van der Waals surface area contributed by atoms with E-state index >= 15 is 0 Å². The normalized spacial score (nSPS) is 11.4. The first kappa shape index (κ1) is 10.7. The Morgan fingerprint density at radius 1 is 0.938 bits per heavy atom. The Morgan fingerprint density at radius 2 is 1.69 bits per heavy atom. The van der Waals surface area contributed by atoms with Gasteiger partial charge in [-0.25, -0.2) is 0 Å². The number of hydrogen-bond acceptors (Lipinski definition) is 0. The van der Waals surface area contributed by atoms with Crippen LogP contribution in [0.4, 0.5) is 13.2 Å². The molecule has 0 amide bonds. The van der Waals surface area contributed by atoms with Crippen LogP contribution in [0.3, 0.4) is 0 Å². The molecular formula is C13H8F3. The fraction of sp³-hybridized carbons (Fsp3) is 0.0769. The van der Waals surface area contributed by atoms with Gasteiger partial charge in [-0.15, -0.1) is 0 Å². The summed E-state index contributed by atoms with van der Waals surface area (Å²) in [6.45, 7) is 0. The fourth-order valence-electron chi connectivity index (χ4n) is 1.45. The zero-order chi connectivity index (χ0) is 11.6. The van der Waals surface area contributed by atoms with Crippen molar-refractivity contribution in [2.24, 2.45) is 0 Å². The fourth-order valence-corrected chi connectivity index (χ4v) is 1.45. The van der Waals surface area contributed by atoms with Gasteiger partial charge in [0.1, 0.15) is 0 Å². The molecule has 0 aliphatic carbocycles. The minimum absolute atomic E-state index is 0.548. The second-order valence-corrected chi connectivity index (χ2v) is 3.37. The molecular weight excluding hydrogens is 213 g/mol. The summed E-state index contributed by atoms with van der Waals surface area (Å²) >= 11 is 0. The molecule has 0 heterocycles. The zero-order valence-electron chi connectivity index (χ0n) is 8.25. The summed E-state index contributed by atoms with van der Waals surface area (Å²) < 4.78 is 37.4. The van der Waals surface area contributed by atoms with E-state index in [9.17, 15) is 13.2 Å². The largest absolute Gasteiger partial charge is 0.416 e. The molecule has 3 heteroatoms. The van der Waals surface area contributed by atoms with Crippen LogP contribution in [0.2, 0.25) is 0 Å². The molecule has 0 aliphatic heterocycles. The Bertz CT molecular complexity index is 472. The van der Waals surface area contributed by atoms with E-state index < -0.39 is 11.7 Å². The highest BCUT2D eigenvalue weighted by Crippen LogP contribution is 2.31. The average Bonchev–Trinajstić information content (AvgIpc) is 2.29. The first-order chi connectivity index (χ1) is 7.57. The highest BCUT2D eigenvalue weighted by Gasteiger charge is 2.30. The first-order valence-corrected chi connectivity index (χ1v) is 4.71. The summed E-state index contributed by atoms with van der Waals surface area (Å²) in [5, 5.41) is 0. The highest BCUT2D eigenvalue weighted by molar-refractivity contribution is 5.63. The second kappa shape index (κ2) is 4.00. The molecule has 0 bridgehead atoms. The van der Waals surface area contributed by atoms with Gasteiger partial charge in [-0.2, -0.15) is 13.2 Å². The van der Waals surface area contributed by atoms with Gasteiger partial charge in [0.05, 0.1) is 5.56 Å². The van der Waals surface area contributed by atoms with Crippen molar-refractivity contribution in [3.05, 3.63) is 60.2 Å². The monoisotopic (exact) mass is 221 g/mol. The zero-order valence-corrected chi connectivity index (χ0v) is 8.25. The van der Waals surface area contributed by atoms with E-state index in [2.05, 4.69) is 6.07 Å². The third-order valence-corrected chi connectivity index (χ3v) is 2.23. The predicted molar refractivity (Wildman–Crippen MR) is 55.7 cm³/mol. The molecule has 0 nitrogen and oxygen atoms in total. The number of halogens is 3. The summed E-state index contributed by atoms with van der Waals surface area (Å²) in [6, 6.07) is 15.0. The molecule has 0 fully saturated rings. The molecule has 0 atom stereocenters. The molecule has 0 spiro atoms. The molecule has 0 unspecified atom stereocenters. The summed E-state index contributed by atoms with van der Waals surface area (Å²) in [4.78, 5) is 0.